The lowest BCUT2D eigenvalue weighted by Gasteiger charge is -2.26. The lowest BCUT2D eigenvalue weighted by Crippen LogP contribution is -2.40. The van der Waals surface area contributed by atoms with Crippen molar-refractivity contribution in [1.82, 2.24) is 9.73 Å². The largest absolute Gasteiger partial charge is 0.379 e. The summed E-state index contributed by atoms with van der Waals surface area (Å²) in [5.74, 6) is -0.221. The van der Waals surface area contributed by atoms with Gasteiger partial charge >= 0.3 is 0 Å². The Morgan fingerprint density at radius 2 is 1.87 bits per heavy atom. The van der Waals surface area contributed by atoms with Gasteiger partial charge in [0.25, 0.3) is 0 Å². The van der Waals surface area contributed by atoms with Gasteiger partial charge in [0, 0.05) is 24.5 Å². The summed E-state index contributed by atoms with van der Waals surface area (Å²) in [6.07, 6.45) is 0.720. The number of nitrogens with one attached hydrogen (secondary N) is 1. The minimum atomic E-state index is -3.51. The van der Waals surface area contributed by atoms with Crippen molar-refractivity contribution in [2.45, 2.75) is 24.7 Å². The maximum atomic E-state index is 12.6. The van der Waals surface area contributed by atoms with E-state index >= 15 is 0 Å². The molecule has 1 amide bonds. The van der Waals surface area contributed by atoms with E-state index in [9.17, 15) is 13.2 Å². The van der Waals surface area contributed by atoms with Crippen LogP contribution < -0.4 is 5.43 Å². The van der Waals surface area contributed by atoms with E-state index in [4.69, 9.17) is 16.3 Å². The number of carbonyl (C=O) groups excluding carboxylic acids is 1. The molecular weight excluding hydrogens is 426 g/mol. The molecule has 2 aromatic rings. The molecule has 0 aromatic heterocycles. The fourth-order valence-electron chi connectivity index (χ4n) is 3.00. The third kappa shape index (κ3) is 5.89. The molecule has 9 heteroatoms. The van der Waals surface area contributed by atoms with Crippen LogP contribution in [0.5, 0.6) is 0 Å². The van der Waals surface area contributed by atoms with Crippen molar-refractivity contribution in [3.63, 3.8) is 0 Å². The number of rotatable bonds is 7. The first-order chi connectivity index (χ1) is 14.4. The highest BCUT2D eigenvalue weighted by atomic mass is 35.5. The molecule has 0 spiro atoms. The van der Waals surface area contributed by atoms with Crippen LogP contribution in [0.4, 0.5) is 0 Å². The lowest BCUT2D eigenvalue weighted by atomic mass is 10.1. The second kappa shape index (κ2) is 10.2. The van der Waals surface area contributed by atoms with Gasteiger partial charge in [-0.25, -0.2) is 13.8 Å². The number of nitrogens with zero attached hydrogens (tertiary/aromatic N) is 2. The molecule has 160 valence electrons. The average Bonchev–Trinajstić information content (AvgIpc) is 2.77. The molecule has 7 nitrogen and oxygen atoms in total. The van der Waals surface area contributed by atoms with Gasteiger partial charge in [0.2, 0.25) is 15.9 Å². The predicted molar refractivity (Wildman–Crippen MR) is 116 cm³/mol. The molecule has 0 bridgehead atoms. The van der Waals surface area contributed by atoms with Gasteiger partial charge in [-0.3, -0.25) is 4.79 Å². The fourth-order valence-corrected chi connectivity index (χ4v) is 4.60. The molecule has 1 aliphatic heterocycles. The number of hydrogen-bond donors (Lipinski definition) is 1. The van der Waals surface area contributed by atoms with Crippen LogP contribution in [0.25, 0.3) is 0 Å². The van der Waals surface area contributed by atoms with E-state index < -0.39 is 10.0 Å². The van der Waals surface area contributed by atoms with Gasteiger partial charge in [0.15, 0.2) is 0 Å². The maximum absolute atomic E-state index is 12.6. The van der Waals surface area contributed by atoms with E-state index in [1.165, 1.54) is 4.31 Å². The molecule has 1 saturated heterocycles. The van der Waals surface area contributed by atoms with Gasteiger partial charge in [-0.15, -0.1) is 0 Å². The van der Waals surface area contributed by atoms with Crippen LogP contribution in [0, 0.1) is 0 Å². The summed E-state index contributed by atoms with van der Waals surface area (Å²) in [5, 5.41) is 4.71. The Labute approximate surface area is 181 Å². The van der Waals surface area contributed by atoms with Crippen molar-refractivity contribution in [3.05, 3.63) is 64.7 Å². The van der Waals surface area contributed by atoms with Crippen molar-refractivity contribution >= 4 is 33.2 Å². The Bertz CT molecular complexity index is 1020. The Morgan fingerprint density at radius 1 is 1.17 bits per heavy atom. The van der Waals surface area contributed by atoms with E-state index in [2.05, 4.69) is 10.5 Å². The predicted octanol–water partition coefficient (Wildman–Crippen LogP) is 2.83. The SMILES string of the molecule is C/C(=N\NC(=O)CCc1ccc(S(=O)(=O)N2CCOCC2)cc1)c1cccc(Cl)c1. The second-order valence-corrected chi connectivity index (χ2v) is 9.28. The maximum Gasteiger partial charge on any atom is 0.243 e. The van der Waals surface area contributed by atoms with Gasteiger partial charge in [-0.1, -0.05) is 35.9 Å². The number of sulfonamides is 1. The van der Waals surface area contributed by atoms with Crippen molar-refractivity contribution in [2.24, 2.45) is 5.10 Å². The number of hydrazone groups is 1. The molecule has 3 rings (SSSR count). The number of carbonyl (C=O) groups is 1. The lowest BCUT2D eigenvalue weighted by molar-refractivity contribution is -0.121. The molecular formula is C21H24ClN3O4S. The summed E-state index contributed by atoms with van der Waals surface area (Å²) in [6.45, 7) is 3.33. The summed E-state index contributed by atoms with van der Waals surface area (Å²) in [6, 6.07) is 13.9. The first kappa shape index (κ1) is 22.4. The number of benzene rings is 2. The molecule has 0 unspecified atom stereocenters. The molecule has 0 saturated carbocycles. The molecule has 0 atom stereocenters. The zero-order valence-electron chi connectivity index (χ0n) is 16.7. The summed E-state index contributed by atoms with van der Waals surface area (Å²) in [4.78, 5) is 12.3. The quantitative estimate of drug-likeness (QED) is 0.520. The van der Waals surface area contributed by atoms with E-state index in [-0.39, 0.29) is 17.2 Å². The van der Waals surface area contributed by atoms with Crippen LogP contribution in [0.3, 0.4) is 0 Å². The molecule has 30 heavy (non-hydrogen) atoms. The minimum absolute atomic E-state index is 0.221. The smallest absolute Gasteiger partial charge is 0.243 e. The highest BCUT2D eigenvalue weighted by Gasteiger charge is 2.26. The topological polar surface area (TPSA) is 88.1 Å². The molecule has 2 aromatic carbocycles. The van der Waals surface area contributed by atoms with Crippen molar-refractivity contribution in [2.75, 3.05) is 26.3 Å². The fraction of sp³-hybridized carbons (Fsp3) is 0.333. The van der Waals surface area contributed by atoms with Crippen molar-refractivity contribution in [3.8, 4) is 0 Å². The molecule has 1 aliphatic rings. The zero-order valence-corrected chi connectivity index (χ0v) is 18.2. The van der Waals surface area contributed by atoms with Gasteiger partial charge in [0.05, 0.1) is 23.8 Å². The van der Waals surface area contributed by atoms with Crippen LogP contribution >= 0.6 is 11.6 Å². The van der Waals surface area contributed by atoms with Crippen molar-refractivity contribution < 1.29 is 17.9 Å². The van der Waals surface area contributed by atoms with E-state index in [0.29, 0.717) is 43.5 Å². The third-order valence-corrected chi connectivity index (χ3v) is 6.91. The van der Waals surface area contributed by atoms with Crippen LogP contribution in [-0.4, -0.2) is 50.6 Å². The highest BCUT2D eigenvalue weighted by molar-refractivity contribution is 7.89. The highest BCUT2D eigenvalue weighted by Crippen LogP contribution is 2.18. The van der Waals surface area contributed by atoms with E-state index in [1.807, 2.05) is 12.1 Å². The molecule has 0 aliphatic carbocycles. The number of halogens is 1. The summed E-state index contributed by atoms with van der Waals surface area (Å²) < 4.78 is 31.9. The zero-order chi connectivity index (χ0) is 21.6. The van der Waals surface area contributed by atoms with E-state index in [0.717, 1.165) is 11.1 Å². The Kier molecular flexibility index (Phi) is 7.60. The Hall–Kier alpha value is -2.26. The minimum Gasteiger partial charge on any atom is -0.379 e. The Morgan fingerprint density at radius 3 is 2.53 bits per heavy atom. The van der Waals surface area contributed by atoms with Crippen LogP contribution in [-0.2, 0) is 26.0 Å². The molecule has 1 N–H and O–H groups in total. The number of morpholine rings is 1. The van der Waals surface area contributed by atoms with Gasteiger partial charge in [0.1, 0.15) is 0 Å². The first-order valence-corrected chi connectivity index (χ1v) is 11.4. The normalized spacial score (nSPS) is 15.7. The first-order valence-electron chi connectivity index (χ1n) is 9.62. The number of hydrogen-bond acceptors (Lipinski definition) is 5. The van der Waals surface area contributed by atoms with Crippen LogP contribution in [0.2, 0.25) is 5.02 Å². The monoisotopic (exact) mass is 449 g/mol. The molecule has 0 radical (unpaired) electrons. The van der Waals surface area contributed by atoms with E-state index in [1.54, 1.807) is 43.3 Å². The third-order valence-electron chi connectivity index (χ3n) is 4.76. The number of aryl methyl sites for hydroxylation is 1. The van der Waals surface area contributed by atoms with Gasteiger partial charge in [-0.2, -0.15) is 9.41 Å². The van der Waals surface area contributed by atoms with Crippen LogP contribution in [0.15, 0.2) is 58.5 Å². The summed E-state index contributed by atoms with van der Waals surface area (Å²) in [7, 11) is -3.51. The van der Waals surface area contributed by atoms with Gasteiger partial charge in [-0.05, 0) is 48.7 Å². The summed E-state index contributed by atoms with van der Waals surface area (Å²) >= 11 is 5.96. The molecule has 1 heterocycles. The average molecular weight is 450 g/mol. The standard InChI is InChI=1S/C21H24ClN3O4S/c1-16(18-3-2-4-19(22)15-18)23-24-21(26)10-7-17-5-8-20(9-6-17)30(27,28)25-11-13-29-14-12-25/h2-6,8-9,15H,7,10-14H2,1H3,(H,24,26)/b23-16+. The van der Waals surface area contributed by atoms with Crippen LogP contribution in [0.1, 0.15) is 24.5 Å². The number of ether oxygens (including phenoxy) is 1. The summed E-state index contributed by atoms with van der Waals surface area (Å²) in [5.41, 5.74) is 4.91. The molecule has 1 fully saturated rings. The second-order valence-electron chi connectivity index (χ2n) is 6.90. The van der Waals surface area contributed by atoms with Crippen molar-refractivity contribution in [1.29, 1.82) is 0 Å². The number of amides is 1. The van der Waals surface area contributed by atoms with Gasteiger partial charge < -0.3 is 4.74 Å². The Balaban J connectivity index is 1.53.